The molecule has 1 amide bonds. The molecule has 11 nitrogen and oxygen atoms in total. The molecular formula is C18H14BrN5O6. The highest BCUT2D eigenvalue weighted by Crippen LogP contribution is 2.32. The second-order valence-corrected chi connectivity index (χ2v) is 7.14. The van der Waals surface area contributed by atoms with Crippen molar-refractivity contribution in [2.45, 2.75) is 13.8 Å². The van der Waals surface area contributed by atoms with Crippen LogP contribution in [0, 0.1) is 34.1 Å². The van der Waals surface area contributed by atoms with Crippen molar-refractivity contribution in [1.82, 2.24) is 10.2 Å². The van der Waals surface area contributed by atoms with Gasteiger partial charge in [-0.15, -0.1) is 5.10 Å². The summed E-state index contributed by atoms with van der Waals surface area (Å²) in [4.78, 5) is 33.3. The molecule has 0 saturated heterocycles. The zero-order chi connectivity index (χ0) is 22.0. The van der Waals surface area contributed by atoms with E-state index < -0.39 is 21.6 Å². The van der Waals surface area contributed by atoms with Gasteiger partial charge in [-0.05, 0) is 58.0 Å². The zero-order valence-corrected chi connectivity index (χ0v) is 17.2. The highest BCUT2D eigenvalue weighted by atomic mass is 79.9. The molecule has 12 heteroatoms. The highest BCUT2D eigenvalue weighted by Gasteiger charge is 2.25. The van der Waals surface area contributed by atoms with Crippen molar-refractivity contribution >= 4 is 39.0 Å². The second kappa shape index (κ2) is 8.29. The Morgan fingerprint density at radius 1 is 1.03 bits per heavy atom. The third-order valence-corrected chi connectivity index (χ3v) is 4.63. The van der Waals surface area contributed by atoms with Crippen LogP contribution < -0.4 is 10.1 Å². The predicted molar refractivity (Wildman–Crippen MR) is 110 cm³/mol. The number of hydrogen-bond acceptors (Lipinski definition) is 7. The van der Waals surface area contributed by atoms with Gasteiger partial charge < -0.3 is 20.2 Å². The summed E-state index contributed by atoms with van der Waals surface area (Å²) in [5.41, 5.74) is 1.39. The number of ether oxygens (including phenoxy) is 1. The Kier molecular flexibility index (Phi) is 5.78. The minimum atomic E-state index is -0.802. The van der Waals surface area contributed by atoms with Gasteiger partial charge in [0.1, 0.15) is 16.0 Å². The minimum absolute atomic E-state index is 0.0612. The number of nitro groups is 2. The van der Waals surface area contributed by atoms with Crippen molar-refractivity contribution in [3.63, 3.8) is 0 Å². The van der Waals surface area contributed by atoms with E-state index in [1.807, 2.05) is 19.9 Å². The number of benzene rings is 2. The number of nitro benzene ring substituents is 1. The molecule has 1 aromatic heterocycles. The summed E-state index contributed by atoms with van der Waals surface area (Å²) in [7, 11) is 0. The average molecular weight is 476 g/mol. The van der Waals surface area contributed by atoms with Crippen LogP contribution in [0.5, 0.6) is 11.5 Å². The Balaban J connectivity index is 1.92. The lowest BCUT2D eigenvalue weighted by Gasteiger charge is -2.10. The molecule has 0 fully saturated rings. The van der Waals surface area contributed by atoms with E-state index in [1.165, 1.54) is 12.1 Å². The van der Waals surface area contributed by atoms with Crippen LogP contribution in [-0.4, -0.2) is 26.0 Å². The van der Waals surface area contributed by atoms with Crippen LogP contribution >= 0.6 is 15.9 Å². The molecule has 0 saturated carbocycles. The van der Waals surface area contributed by atoms with Gasteiger partial charge in [-0.3, -0.25) is 14.9 Å². The van der Waals surface area contributed by atoms with Gasteiger partial charge in [0.2, 0.25) is 0 Å². The molecule has 2 aromatic carbocycles. The van der Waals surface area contributed by atoms with E-state index >= 15 is 0 Å². The topological polar surface area (TPSA) is 153 Å². The lowest BCUT2D eigenvalue weighted by Crippen LogP contribution is -2.13. The van der Waals surface area contributed by atoms with E-state index in [4.69, 9.17) is 4.74 Å². The number of aromatic amines is 1. The maximum atomic E-state index is 12.5. The standard InChI is InChI=1S/C18H14BrN5O6/c1-9-3-10(2)5-13(4-9)30-14-7-11(6-12(8-14)23(26)27)20-18(25)16-15(19)17(22-21-16)24(28)29/h3-8H,1-2H3,(H,20,25)(H,21,22). The summed E-state index contributed by atoms with van der Waals surface area (Å²) in [6.07, 6.45) is 0. The predicted octanol–water partition coefficient (Wildman–Crippen LogP) is 4.65. The van der Waals surface area contributed by atoms with Crippen molar-refractivity contribution in [2.24, 2.45) is 0 Å². The van der Waals surface area contributed by atoms with E-state index in [0.29, 0.717) is 5.75 Å². The third-order valence-electron chi connectivity index (χ3n) is 3.88. The summed E-state index contributed by atoms with van der Waals surface area (Å²) in [5, 5.41) is 30.4. The Bertz CT molecular complexity index is 1160. The first-order valence-electron chi connectivity index (χ1n) is 8.39. The number of amides is 1. The van der Waals surface area contributed by atoms with Crippen LogP contribution in [0.1, 0.15) is 21.6 Å². The molecule has 0 aliphatic heterocycles. The molecule has 154 valence electrons. The van der Waals surface area contributed by atoms with Crippen LogP contribution in [0.4, 0.5) is 17.2 Å². The number of nitrogens with zero attached hydrogens (tertiary/aromatic N) is 3. The first kappa shape index (κ1) is 20.9. The fourth-order valence-corrected chi connectivity index (χ4v) is 3.23. The van der Waals surface area contributed by atoms with Crippen LogP contribution in [-0.2, 0) is 0 Å². The van der Waals surface area contributed by atoms with Crippen LogP contribution in [0.3, 0.4) is 0 Å². The second-order valence-electron chi connectivity index (χ2n) is 6.34. The quantitative estimate of drug-likeness (QED) is 0.388. The lowest BCUT2D eigenvalue weighted by atomic mass is 10.1. The monoisotopic (exact) mass is 475 g/mol. The smallest absolute Gasteiger partial charge is 0.357 e. The molecule has 0 radical (unpaired) electrons. The molecule has 0 aliphatic rings. The summed E-state index contributed by atoms with van der Waals surface area (Å²) < 4.78 is 5.61. The number of carbonyl (C=O) groups excluding carboxylic acids is 1. The van der Waals surface area contributed by atoms with E-state index in [-0.39, 0.29) is 27.3 Å². The van der Waals surface area contributed by atoms with Gasteiger partial charge in [-0.2, -0.15) is 0 Å². The number of H-pyrrole nitrogens is 1. The normalized spacial score (nSPS) is 10.5. The molecule has 0 spiro atoms. The summed E-state index contributed by atoms with van der Waals surface area (Å²) in [6, 6.07) is 9.25. The van der Waals surface area contributed by atoms with Gasteiger partial charge in [0, 0.05) is 12.1 Å². The molecule has 1 heterocycles. The number of hydrogen-bond donors (Lipinski definition) is 2. The maximum Gasteiger partial charge on any atom is 0.357 e. The molecule has 3 aromatic rings. The summed E-state index contributed by atoms with van der Waals surface area (Å²) >= 11 is 2.95. The number of non-ortho nitro benzene ring substituents is 1. The highest BCUT2D eigenvalue weighted by molar-refractivity contribution is 9.10. The SMILES string of the molecule is Cc1cc(C)cc(Oc2cc(NC(=O)c3n[nH]c([N+](=O)[O-])c3Br)cc([N+](=O)[O-])c2)c1. The number of carbonyl (C=O) groups is 1. The molecule has 0 atom stereocenters. The molecular weight excluding hydrogens is 462 g/mol. The van der Waals surface area contributed by atoms with Crippen molar-refractivity contribution in [1.29, 1.82) is 0 Å². The molecule has 30 heavy (non-hydrogen) atoms. The van der Waals surface area contributed by atoms with Crippen molar-refractivity contribution in [3.8, 4) is 11.5 Å². The number of aryl methyl sites for hydroxylation is 2. The fraction of sp³-hybridized carbons (Fsp3) is 0.111. The summed E-state index contributed by atoms with van der Waals surface area (Å²) in [5.74, 6) is -0.672. The van der Waals surface area contributed by atoms with E-state index in [2.05, 4.69) is 31.4 Å². The molecule has 3 rings (SSSR count). The van der Waals surface area contributed by atoms with Crippen molar-refractivity contribution < 1.29 is 19.4 Å². The molecule has 0 bridgehead atoms. The number of rotatable bonds is 6. The van der Waals surface area contributed by atoms with Gasteiger partial charge in [-0.1, -0.05) is 11.2 Å². The van der Waals surface area contributed by atoms with E-state index in [0.717, 1.165) is 17.2 Å². The average Bonchev–Trinajstić information content (AvgIpc) is 3.02. The maximum absolute atomic E-state index is 12.5. The molecule has 0 unspecified atom stereocenters. The fourth-order valence-electron chi connectivity index (χ4n) is 2.73. The van der Waals surface area contributed by atoms with Gasteiger partial charge in [0.25, 0.3) is 11.6 Å². The van der Waals surface area contributed by atoms with Gasteiger partial charge in [-0.25, -0.2) is 0 Å². The molecule has 2 N–H and O–H groups in total. The van der Waals surface area contributed by atoms with Crippen LogP contribution in [0.25, 0.3) is 0 Å². The number of aromatic nitrogens is 2. The van der Waals surface area contributed by atoms with Crippen molar-refractivity contribution in [3.05, 3.63) is 77.9 Å². The van der Waals surface area contributed by atoms with Crippen molar-refractivity contribution in [2.75, 3.05) is 5.32 Å². The Morgan fingerprint density at radius 2 is 1.67 bits per heavy atom. The van der Waals surface area contributed by atoms with Gasteiger partial charge >= 0.3 is 5.82 Å². The number of anilines is 1. The first-order valence-corrected chi connectivity index (χ1v) is 9.18. The van der Waals surface area contributed by atoms with Crippen LogP contribution in [0.15, 0.2) is 40.9 Å². The number of halogens is 1. The third kappa shape index (κ3) is 4.60. The van der Waals surface area contributed by atoms with Gasteiger partial charge in [0.05, 0.1) is 16.7 Å². The van der Waals surface area contributed by atoms with E-state index in [1.54, 1.807) is 12.1 Å². The molecule has 0 aliphatic carbocycles. The van der Waals surface area contributed by atoms with E-state index in [9.17, 15) is 25.0 Å². The number of nitrogens with one attached hydrogen (secondary N) is 2. The zero-order valence-electron chi connectivity index (χ0n) is 15.6. The first-order chi connectivity index (χ1) is 14.1. The summed E-state index contributed by atoms with van der Waals surface area (Å²) in [6.45, 7) is 3.78. The van der Waals surface area contributed by atoms with Crippen LogP contribution in [0.2, 0.25) is 0 Å². The van der Waals surface area contributed by atoms with Gasteiger partial charge in [0.15, 0.2) is 5.69 Å². The lowest BCUT2D eigenvalue weighted by molar-refractivity contribution is -0.390. The Hall–Kier alpha value is -3.80. The largest absolute Gasteiger partial charge is 0.457 e. The Morgan fingerprint density at radius 3 is 2.23 bits per heavy atom. The Labute approximate surface area is 177 Å². The minimum Gasteiger partial charge on any atom is -0.457 e.